The van der Waals surface area contributed by atoms with E-state index < -0.39 is 0 Å². The maximum Gasteiger partial charge on any atom is 0.241 e. The van der Waals surface area contributed by atoms with Crippen LogP contribution in [0.15, 0.2) is 35.3 Å². The second kappa shape index (κ2) is 11.5. The highest BCUT2D eigenvalue weighted by Gasteiger charge is 2.13. The van der Waals surface area contributed by atoms with E-state index in [0.29, 0.717) is 18.6 Å². The first kappa shape index (κ1) is 20.2. The van der Waals surface area contributed by atoms with Gasteiger partial charge in [-0.2, -0.15) is 0 Å². The lowest BCUT2D eigenvalue weighted by atomic mass is 10.0. The molecule has 1 amide bonds. The number of guanidine groups is 1. The Balaban J connectivity index is 1.79. The van der Waals surface area contributed by atoms with Crippen molar-refractivity contribution >= 4 is 11.9 Å². The van der Waals surface area contributed by atoms with Gasteiger partial charge in [0.15, 0.2) is 5.96 Å². The Kier molecular flexibility index (Phi) is 8.96. The molecule has 1 unspecified atom stereocenters. The summed E-state index contributed by atoms with van der Waals surface area (Å²) in [6.07, 6.45) is 6.13. The molecule has 6 nitrogen and oxygen atoms in total. The zero-order valence-corrected chi connectivity index (χ0v) is 16.0. The van der Waals surface area contributed by atoms with Crippen molar-refractivity contribution in [3.8, 4) is 0 Å². The van der Waals surface area contributed by atoms with Crippen LogP contribution >= 0.6 is 0 Å². The van der Waals surface area contributed by atoms with Crippen LogP contribution < -0.4 is 10.6 Å². The molecule has 0 aliphatic carbocycles. The summed E-state index contributed by atoms with van der Waals surface area (Å²) in [7, 11) is 3.50. The number of amides is 1. The van der Waals surface area contributed by atoms with E-state index >= 15 is 0 Å². The molecular weight excluding hydrogens is 328 g/mol. The number of carbonyl (C=O) groups is 1. The van der Waals surface area contributed by atoms with Gasteiger partial charge in [-0.1, -0.05) is 30.3 Å². The number of nitrogens with zero attached hydrogens (tertiary/aromatic N) is 2. The highest BCUT2D eigenvalue weighted by molar-refractivity contribution is 5.86. The van der Waals surface area contributed by atoms with Crippen LogP contribution in [0.2, 0.25) is 0 Å². The number of aliphatic imine (C=N–C) groups is 1. The third kappa shape index (κ3) is 7.87. The normalized spacial score (nSPS) is 17.6. The van der Waals surface area contributed by atoms with E-state index in [2.05, 4.69) is 15.6 Å². The first-order chi connectivity index (χ1) is 12.6. The van der Waals surface area contributed by atoms with Gasteiger partial charge < -0.3 is 20.3 Å². The Morgan fingerprint density at radius 2 is 2.04 bits per heavy atom. The molecule has 2 rings (SSSR count). The minimum Gasteiger partial charge on any atom is -0.378 e. The van der Waals surface area contributed by atoms with Gasteiger partial charge in [0.1, 0.15) is 0 Å². The molecule has 0 bridgehead atoms. The van der Waals surface area contributed by atoms with Crippen LogP contribution in [0.5, 0.6) is 0 Å². The van der Waals surface area contributed by atoms with Crippen LogP contribution in [0, 0.1) is 0 Å². The van der Waals surface area contributed by atoms with Crippen LogP contribution in [-0.2, 0) is 16.1 Å². The van der Waals surface area contributed by atoms with Gasteiger partial charge >= 0.3 is 0 Å². The number of rotatable bonds is 8. The smallest absolute Gasteiger partial charge is 0.241 e. The van der Waals surface area contributed by atoms with Crippen molar-refractivity contribution in [3.63, 3.8) is 0 Å². The van der Waals surface area contributed by atoms with Crippen LogP contribution in [0.4, 0.5) is 0 Å². The van der Waals surface area contributed by atoms with E-state index in [4.69, 9.17) is 4.74 Å². The van der Waals surface area contributed by atoms with E-state index in [0.717, 1.165) is 31.6 Å². The van der Waals surface area contributed by atoms with Crippen molar-refractivity contribution in [2.45, 2.75) is 44.8 Å². The van der Waals surface area contributed by atoms with Crippen LogP contribution in [0.25, 0.3) is 0 Å². The Labute approximate surface area is 157 Å². The zero-order chi connectivity index (χ0) is 18.6. The van der Waals surface area contributed by atoms with Gasteiger partial charge in [-0.05, 0) is 37.7 Å². The number of hydrogen-bond acceptors (Lipinski definition) is 3. The summed E-state index contributed by atoms with van der Waals surface area (Å²) in [4.78, 5) is 18.0. The van der Waals surface area contributed by atoms with Gasteiger partial charge in [-0.15, -0.1) is 0 Å². The van der Waals surface area contributed by atoms with Gasteiger partial charge in [0.2, 0.25) is 5.91 Å². The van der Waals surface area contributed by atoms with Gasteiger partial charge in [0.25, 0.3) is 0 Å². The maximum absolute atomic E-state index is 11.8. The number of likely N-dealkylation sites (N-methyl/N-ethyl adjacent to an activating group) is 1. The lowest BCUT2D eigenvalue weighted by molar-refractivity contribution is -0.127. The number of nitrogens with one attached hydrogen (secondary N) is 2. The van der Waals surface area contributed by atoms with Gasteiger partial charge in [0.05, 0.1) is 19.2 Å². The van der Waals surface area contributed by atoms with Crippen LogP contribution in [0.3, 0.4) is 0 Å². The number of ether oxygens (including phenoxy) is 1. The van der Waals surface area contributed by atoms with E-state index in [-0.39, 0.29) is 12.5 Å². The second-order valence-corrected chi connectivity index (χ2v) is 6.85. The topological polar surface area (TPSA) is 66.0 Å². The zero-order valence-electron chi connectivity index (χ0n) is 16.0. The van der Waals surface area contributed by atoms with Gasteiger partial charge in [0, 0.05) is 27.2 Å². The highest BCUT2D eigenvalue weighted by Crippen LogP contribution is 2.16. The standard InChI is InChI=1S/C20H32N4O2/c1-24(2)19(25)16-23-20(22-15-17-9-4-3-5-10-17)21-13-8-12-18-11-6-7-14-26-18/h3-5,9-10,18H,6-8,11-16H2,1-2H3,(H2,21,22,23). The second-order valence-electron chi connectivity index (χ2n) is 6.85. The molecule has 1 aromatic carbocycles. The van der Waals surface area contributed by atoms with Crippen molar-refractivity contribution in [2.24, 2.45) is 4.99 Å². The number of carbonyl (C=O) groups excluding carboxylic acids is 1. The Bertz CT molecular complexity index is 554. The summed E-state index contributed by atoms with van der Waals surface area (Å²) < 4.78 is 5.77. The molecule has 0 saturated carbocycles. The molecule has 1 aromatic rings. The predicted molar refractivity (Wildman–Crippen MR) is 105 cm³/mol. The fraction of sp³-hybridized carbons (Fsp3) is 0.600. The monoisotopic (exact) mass is 360 g/mol. The minimum absolute atomic E-state index is 0.0230. The summed E-state index contributed by atoms with van der Waals surface area (Å²) in [5.41, 5.74) is 1.14. The fourth-order valence-electron chi connectivity index (χ4n) is 2.82. The minimum atomic E-state index is 0.0230. The summed E-state index contributed by atoms with van der Waals surface area (Å²) in [5, 5.41) is 6.46. The van der Waals surface area contributed by atoms with E-state index in [9.17, 15) is 4.79 Å². The lowest BCUT2D eigenvalue weighted by Gasteiger charge is -2.22. The first-order valence-corrected chi connectivity index (χ1v) is 9.53. The molecule has 1 fully saturated rings. The average Bonchev–Trinajstić information content (AvgIpc) is 2.67. The van der Waals surface area contributed by atoms with Crippen molar-refractivity contribution in [2.75, 3.05) is 33.8 Å². The largest absolute Gasteiger partial charge is 0.378 e. The molecule has 1 saturated heterocycles. The SMILES string of the molecule is CN(C)C(=O)CNC(=NCc1ccccc1)NCCCC1CCCCO1. The Hall–Kier alpha value is -2.08. The number of hydrogen-bond donors (Lipinski definition) is 2. The third-order valence-electron chi connectivity index (χ3n) is 4.44. The lowest BCUT2D eigenvalue weighted by Crippen LogP contribution is -2.43. The third-order valence-corrected chi connectivity index (χ3v) is 4.44. The number of benzene rings is 1. The molecular formula is C20H32N4O2. The molecule has 144 valence electrons. The molecule has 0 aromatic heterocycles. The quantitative estimate of drug-likeness (QED) is 0.424. The van der Waals surface area contributed by atoms with Crippen LogP contribution in [-0.4, -0.2) is 56.7 Å². The summed E-state index contributed by atoms with van der Waals surface area (Å²) in [5.74, 6) is 0.698. The van der Waals surface area contributed by atoms with Gasteiger partial charge in [-0.25, -0.2) is 4.99 Å². The molecule has 26 heavy (non-hydrogen) atoms. The van der Waals surface area contributed by atoms with Crippen molar-refractivity contribution in [1.29, 1.82) is 0 Å². The molecule has 1 heterocycles. The van der Waals surface area contributed by atoms with Crippen molar-refractivity contribution in [1.82, 2.24) is 15.5 Å². The molecule has 1 atom stereocenters. The first-order valence-electron chi connectivity index (χ1n) is 9.53. The van der Waals surface area contributed by atoms with E-state index in [1.807, 2.05) is 30.3 Å². The predicted octanol–water partition coefficient (Wildman–Crippen LogP) is 2.16. The average molecular weight is 361 g/mol. The molecule has 2 N–H and O–H groups in total. The maximum atomic E-state index is 11.8. The summed E-state index contributed by atoms with van der Waals surface area (Å²) in [6, 6.07) is 10.1. The fourth-order valence-corrected chi connectivity index (χ4v) is 2.82. The van der Waals surface area contributed by atoms with Crippen LogP contribution in [0.1, 0.15) is 37.7 Å². The Morgan fingerprint density at radius 3 is 2.73 bits per heavy atom. The molecule has 0 radical (unpaired) electrons. The highest BCUT2D eigenvalue weighted by atomic mass is 16.5. The van der Waals surface area contributed by atoms with E-state index in [1.165, 1.54) is 19.3 Å². The molecule has 0 spiro atoms. The van der Waals surface area contributed by atoms with Gasteiger partial charge in [-0.3, -0.25) is 4.79 Å². The Morgan fingerprint density at radius 1 is 1.23 bits per heavy atom. The summed E-state index contributed by atoms with van der Waals surface area (Å²) >= 11 is 0. The van der Waals surface area contributed by atoms with E-state index in [1.54, 1.807) is 19.0 Å². The molecule has 6 heteroatoms. The molecule has 1 aliphatic rings. The summed E-state index contributed by atoms with van der Waals surface area (Å²) in [6.45, 7) is 2.53. The van der Waals surface area contributed by atoms with Crippen molar-refractivity contribution in [3.05, 3.63) is 35.9 Å². The molecule has 1 aliphatic heterocycles. The van der Waals surface area contributed by atoms with Crippen molar-refractivity contribution < 1.29 is 9.53 Å².